The first kappa shape index (κ1) is 28.6. The van der Waals surface area contributed by atoms with E-state index in [0.717, 1.165) is 16.6 Å². The minimum Gasteiger partial charge on any atom is -0.462 e. The molecule has 0 saturated carbocycles. The monoisotopic (exact) mass is 556 g/mol. The summed E-state index contributed by atoms with van der Waals surface area (Å²) >= 11 is 0. The number of carbonyl (C=O) groups is 4. The summed E-state index contributed by atoms with van der Waals surface area (Å²) in [4.78, 5) is 50.8. The van der Waals surface area contributed by atoms with E-state index in [1.807, 2.05) is 45.9 Å². The van der Waals surface area contributed by atoms with E-state index in [1.54, 1.807) is 24.3 Å². The molecule has 3 aliphatic heterocycles. The molecule has 3 heterocycles. The highest BCUT2D eigenvalue weighted by Gasteiger charge is 2.51. The zero-order valence-electron chi connectivity index (χ0n) is 23.7. The highest BCUT2D eigenvalue weighted by molar-refractivity contribution is 6.62. The molecule has 0 aliphatic carbocycles. The molecule has 9 nitrogen and oxygen atoms in total. The number of benzene rings is 2. The molecule has 41 heavy (non-hydrogen) atoms. The molecule has 2 saturated heterocycles. The lowest BCUT2D eigenvalue weighted by Gasteiger charge is -2.32. The molecular formula is C31H33BN2O7. The van der Waals surface area contributed by atoms with Crippen LogP contribution in [0.15, 0.2) is 42.5 Å². The number of fused-ring (bicyclic) bond motifs is 1. The largest absolute Gasteiger partial charge is 0.494 e. The van der Waals surface area contributed by atoms with Crippen LogP contribution in [0, 0.1) is 11.8 Å². The van der Waals surface area contributed by atoms with Crippen LogP contribution in [-0.2, 0) is 30.2 Å². The summed E-state index contributed by atoms with van der Waals surface area (Å²) in [5, 5.41) is 2.31. The van der Waals surface area contributed by atoms with Crippen molar-refractivity contribution in [1.29, 1.82) is 0 Å². The fourth-order valence-corrected chi connectivity index (χ4v) is 5.02. The molecule has 10 heteroatoms. The lowest BCUT2D eigenvalue weighted by molar-refractivity contribution is -0.136. The standard InChI is InChI=1S/C31H33BN2O7/c1-30(2)31(3,4)41-32(40-30)22-14-12-21(13-15-22)29(38)39-18-7-5-6-9-20-10-8-11-23-24(20)19-34(28(23)37)25-16-17-26(35)33-27(25)36/h8,10-15,25H,5,7,16-19H2,1-4H3,(H,33,35,36). The van der Waals surface area contributed by atoms with Crippen LogP contribution in [0.2, 0.25) is 0 Å². The molecule has 212 valence electrons. The highest BCUT2D eigenvalue weighted by Crippen LogP contribution is 2.36. The van der Waals surface area contributed by atoms with E-state index in [-0.39, 0.29) is 31.4 Å². The van der Waals surface area contributed by atoms with Gasteiger partial charge >= 0.3 is 13.1 Å². The van der Waals surface area contributed by atoms with Crippen molar-refractivity contribution in [2.24, 2.45) is 0 Å². The number of ether oxygens (including phenoxy) is 1. The number of nitrogens with one attached hydrogen (secondary N) is 1. The number of carbonyl (C=O) groups excluding carboxylic acids is 4. The van der Waals surface area contributed by atoms with Crippen molar-refractivity contribution in [3.05, 3.63) is 64.7 Å². The van der Waals surface area contributed by atoms with Gasteiger partial charge in [-0.3, -0.25) is 19.7 Å². The van der Waals surface area contributed by atoms with E-state index in [2.05, 4.69) is 17.2 Å². The topological polar surface area (TPSA) is 111 Å². The Balaban J connectivity index is 1.11. The minimum atomic E-state index is -0.664. The van der Waals surface area contributed by atoms with E-state index in [9.17, 15) is 19.2 Å². The third-order valence-corrected chi connectivity index (χ3v) is 8.16. The van der Waals surface area contributed by atoms with E-state index in [0.29, 0.717) is 30.4 Å². The summed E-state index contributed by atoms with van der Waals surface area (Å²) in [6.07, 6.45) is 1.58. The van der Waals surface area contributed by atoms with Crippen LogP contribution in [0.4, 0.5) is 0 Å². The third kappa shape index (κ3) is 5.78. The van der Waals surface area contributed by atoms with Gasteiger partial charge in [0.25, 0.3) is 5.91 Å². The number of rotatable bonds is 6. The molecule has 3 aliphatic rings. The van der Waals surface area contributed by atoms with Crippen molar-refractivity contribution in [2.45, 2.75) is 77.2 Å². The quantitative estimate of drug-likeness (QED) is 0.192. The molecule has 1 N–H and O–H groups in total. The molecule has 2 fully saturated rings. The Hall–Kier alpha value is -3.94. The predicted molar refractivity (Wildman–Crippen MR) is 151 cm³/mol. The summed E-state index contributed by atoms with van der Waals surface area (Å²) < 4.78 is 17.5. The SMILES string of the molecule is CC1(C)OB(c2ccc(C(=O)OCCCC#Cc3cccc4c3CN(C3CCC(=O)NC3=O)C4=O)cc2)OC1(C)C. The lowest BCUT2D eigenvalue weighted by atomic mass is 9.79. The first-order chi connectivity index (χ1) is 19.5. The van der Waals surface area contributed by atoms with Crippen molar-refractivity contribution >= 4 is 36.3 Å². The number of imide groups is 1. The van der Waals surface area contributed by atoms with Crippen LogP contribution >= 0.6 is 0 Å². The summed E-state index contributed by atoms with van der Waals surface area (Å²) in [6, 6.07) is 11.7. The summed E-state index contributed by atoms with van der Waals surface area (Å²) in [5.74, 6) is 4.83. The van der Waals surface area contributed by atoms with Gasteiger partial charge in [0.1, 0.15) is 6.04 Å². The third-order valence-electron chi connectivity index (χ3n) is 8.16. The zero-order valence-corrected chi connectivity index (χ0v) is 23.7. The van der Waals surface area contributed by atoms with Crippen LogP contribution in [0.3, 0.4) is 0 Å². The van der Waals surface area contributed by atoms with E-state index in [1.165, 1.54) is 4.90 Å². The molecule has 0 radical (unpaired) electrons. The normalized spacial score (nSPS) is 20.8. The molecular weight excluding hydrogens is 523 g/mol. The molecule has 3 amide bonds. The molecule has 0 aromatic heterocycles. The second kappa shape index (κ2) is 11.1. The number of hydrogen-bond acceptors (Lipinski definition) is 7. The Kier molecular flexibility index (Phi) is 7.77. The maximum Gasteiger partial charge on any atom is 0.494 e. The molecule has 0 spiro atoms. The fourth-order valence-electron chi connectivity index (χ4n) is 5.02. The Bertz CT molecular complexity index is 1440. The van der Waals surface area contributed by atoms with Crippen LogP contribution < -0.4 is 10.8 Å². The average Bonchev–Trinajstić information content (AvgIpc) is 3.37. The van der Waals surface area contributed by atoms with Gasteiger partial charge in [0.05, 0.1) is 23.4 Å². The van der Waals surface area contributed by atoms with E-state index < -0.39 is 36.2 Å². The zero-order chi connectivity index (χ0) is 29.4. The van der Waals surface area contributed by atoms with E-state index in [4.69, 9.17) is 14.0 Å². The maximum atomic E-state index is 13.0. The van der Waals surface area contributed by atoms with Crippen molar-refractivity contribution in [1.82, 2.24) is 10.2 Å². The van der Waals surface area contributed by atoms with Gasteiger partial charge in [-0.25, -0.2) is 4.79 Å². The van der Waals surface area contributed by atoms with Gasteiger partial charge in [-0.2, -0.15) is 0 Å². The van der Waals surface area contributed by atoms with Gasteiger partial charge in [0.15, 0.2) is 0 Å². The first-order valence-corrected chi connectivity index (χ1v) is 13.8. The summed E-state index contributed by atoms with van der Waals surface area (Å²) in [7, 11) is -0.492. The van der Waals surface area contributed by atoms with Crippen molar-refractivity contribution in [2.75, 3.05) is 6.61 Å². The van der Waals surface area contributed by atoms with Gasteiger partial charge in [-0.1, -0.05) is 30.0 Å². The van der Waals surface area contributed by atoms with Gasteiger partial charge in [-0.15, -0.1) is 0 Å². The Morgan fingerprint density at radius 1 is 1.07 bits per heavy atom. The molecule has 5 rings (SSSR count). The number of amides is 3. The van der Waals surface area contributed by atoms with Crippen molar-refractivity contribution in [3.8, 4) is 11.8 Å². The van der Waals surface area contributed by atoms with Gasteiger partial charge in [0, 0.05) is 30.5 Å². The average molecular weight is 556 g/mol. The van der Waals surface area contributed by atoms with Crippen LogP contribution in [0.25, 0.3) is 0 Å². The van der Waals surface area contributed by atoms with Gasteiger partial charge < -0.3 is 18.9 Å². The van der Waals surface area contributed by atoms with Crippen molar-refractivity contribution in [3.63, 3.8) is 0 Å². The first-order valence-electron chi connectivity index (χ1n) is 13.8. The fraction of sp³-hybridized carbons (Fsp3) is 0.419. The molecule has 1 unspecified atom stereocenters. The van der Waals surface area contributed by atoms with Gasteiger partial charge in [0.2, 0.25) is 11.8 Å². The molecule has 2 aromatic carbocycles. The van der Waals surface area contributed by atoms with Crippen LogP contribution in [0.1, 0.15) is 85.2 Å². The maximum absolute atomic E-state index is 13.0. The number of unbranched alkanes of at least 4 members (excludes halogenated alkanes) is 1. The Labute approximate surface area is 240 Å². The Morgan fingerprint density at radius 3 is 2.46 bits per heavy atom. The highest BCUT2D eigenvalue weighted by atomic mass is 16.7. The van der Waals surface area contributed by atoms with Crippen molar-refractivity contribution < 1.29 is 33.2 Å². The second-order valence-electron chi connectivity index (χ2n) is 11.5. The number of esters is 1. The number of nitrogens with zero attached hydrogens (tertiary/aromatic N) is 1. The molecule has 1 atom stereocenters. The molecule has 2 aromatic rings. The van der Waals surface area contributed by atoms with Gasteiger partial charge in [-0.05, 0) is 75.8 Å². The number of hydrogen-bond donors (Lipinski definition) is 1. The smallest absolute Gasteiger partial charge is 0.462 e. The van der Waals surface area contributed by atoms with Crippen LogP contribution in [0.5, 0.6) is 0 Å². The predicted octanol–water partition coefficient (Wildman–Crippen LogP) is 2.74. The lowest BCUT2D eigenvalue weighted by Crippen LogP contribution is -2.52. The molecule has 0 bridgehead atoms. The summed E-state index contributed by atoms with van der Waals surface area (Å²) in [6.45, 7) is 8.47. The van der Waals surface area contributed by atoms with Crippen LogP contribution in [-0.4, -0.2) is 59.6 Å². The second-order valence-corrected chi connectivity index (χ2v) is 11.5. The Morgan fingerprint density at radius 2 is 1.78 bits per heavy atom. The summed E-state index contributed by atoms with van der Waals surface area (Å²) in [5.41, 5.74) is 2.44. The van der Waals surface area contributed by atoms with E-state index >= 15 is 0 Å². The number of piperidine rings is 1. The minimum absolute atomic E-state index is 0.209.